The molecule has 6 nitrogen and oxygen atoms in total. The number of sulfonamides is 1. The summed E-state index contributed by atoms with van der Waals surface area (Å²) in [5, 5.41) is 2.75. The van der Waals surface area contributed by atoms with Crippen LogP contribution in [0, 0.1) is 5.92 Å². The molecule has 7 heteroatoms. The van der Waals surface area contributed by atoms with Crippen LogP contribution >= 0.6 is 0 Å². The number of anilines is 2. The van der Waals surface area contributed by atoms with E-state index in [4.69, 9.17) is 5.73 Å². The number of carbonyl (C=O) groups is 1. The van der Waals surface area contributed by atoms with Gasteiger partial charge < -0.3 is 11.1 Å². The smallest absolute Gasteiger partial charge is 0.231 e. The lowest BCUT2D eigenvalue weighted by molar-refractivity contribution is -0.118. The molecule has 1 aliphatic carbocycles. The van der Waals surface area contributed by atoms with E-state index in [0.717, 1.165) is 6.26 Å². The Morgan fingerprint density at radius 3 is 2.60 bits per heavy atom. The Labute approximate surface area is 118 Å². The predicted molar refractivity (Wildman–Crippen MR) is 78.8 cm³/mol. The molecule has 1 aliphatic rings. The van der Waals surface area contributed by atoms with Gasteiger partial charge >= 0.3 is 0 Å². The SMILES string of the molecule is CS(=O)(=O)Nc1cccc(NC(=O)C2C=CC(N)C2)c1. The van der Waals surface area contributed by atoms with Crippen LogP contribution in [0.3, 0.4) is 0 Å². The third-order valence-corrected chi connectivity index (χ3v) is 3.49. The lowest BCUT2D eigenvalue weighted by atomic mass is 10.1. The van der Waals surface area contributed by atoms with E-state index in [2.05, 4.69) is 10.0 Å². The quantitative estimate of drug-likeness (QED) is 0.718. The van der Waals surface area contributed by atoms with Crippen molar-refractivity contribution >= 4 is 27.3 Å². The first-order valence-electron chi connectivity index (χ1n) is 6.16. The number of rotatable bonds is 4. The second-order valence-corrected chi connectivity index (χ2v) is 6.58. The van der Waals surface area contributed by atoms with Gasteiger partial charge in [0.1, 0.15) is 0 Å². The zero-order valence-electron chi connectivity index (χ0n) is 11.0. The number of hydrogen-bond acceptors (Lipinski definition) is 4. The molecule has 4 N–H and O–H groups in total. The topological polar surface area (TPSA) is 101 Å². The summed E-state index contributed by atoms with van der Waals surface area (Å²) in [6.45, 7) is 0. The molecule has 2 unspecified atom stereocenters. The summed E-state index contributed by atoms with van der Waals surface area (Å²) >= 11 is 0. The van der Waals surface area contributed by atoms with Gasteiger partial charge in [-0.3, -0.25) is 9.52 Å². The van der Waals surface area contributed by atoms with Crippen molar-refractivity contribution < 1.29 is 13.2 Å². The lowest BCUT2D eigenvalue weighted by Crippen LogP contribution is -2.24. The van der Waals surface area contributed by atoms with Crippen LogP contribution in [0.5, 0.6) is 0 Å². The summed E-state index contributed by atoms with van der Waals surface area (Å²) in [5.74, 6) is -0.387. The minimum Gasteiger partial charge on any atom is -0.326 e. The molecular formula is C13H17N3O3S. The molecule has 0 saturated heterocycles. The Balaban J connectivity index is 2.05. The fourth-order valence-corrected chi connectivity index (χ4v) is 2.59. The summed E-state index contributed by atoms with van der Waals surface area (Å²) in [5.41, 5.74) is 6.65. The molecule has 108 valence electrons. The van der Waals surface area contributed by atoms with Gasteiger partial charge in [-0.05, 0) is 24.6 Å². The van der Waals surface area contributed by atoms with Gasteiger partial charge in [0.25, 0.3) is 0 Å². The number of hydrogen-bond donors (Lipinski definition) is 3. The normalized spacial score (nSPS) is 21.7. The van der Waals surface area contributed by atoms with Gasteiger partial charge in [-0.15, -0.1) is 0 Å². The van der Waals surface area contributed by atoms with Crippen molar-refractivity contribution in [1.82, 2.24) is 0 Å². The Morgan fingerprint density at radius 2 is 2.00 bits per heavy atom. The molecule has 20 heavy (non-hydrogen) atoms. The van der Waals surface area contributed by atoms with Gasteiger partial charge in [0, 0.05) is 11.7 Å². The first kappa shape index (κ1) is 14.5. The van der Waals surface area contributed by atoms with Crippen LogP contribution in [0.15, 0.2) is 36.4 Å². The largest absolute Gasteiger partial charge is 0.326 e. The van der Waals surface area contributed by atoms with E-state index in [1.807, 2.05) is 6.08 Å². The van der Waals surface area contributed by atoms with Crippen molar-refractivity contribution in [3.8, 4) is 0 Å². The van der Waals surface area contributed by atoms with Gasteiger partial charge in [-0.2, -0.15) is 0 Å². The molecule has 0 heterocycles. The third kappa shape index (κ3) is 4.07. The highest BCUT2D eigenvalue weighted by Gasteiger charge is 2.22. The molecular weight excluding hydrogens is 278 g/mol. The minimum absolute atomic E-state index is 0.0796. The van der Waals surface area contributed by atoms with Crippen LogP contribution in [-0.2, 0) is 14.8 Å². The first-order chi connectivity index (χ1) is 9.33. The first-order valence-corrected chi connectivity index (χ1v) is 8.05. The Hall–Kier alpha value is -1.86. The minimum atomic E-state index is -3.34. The zero-order chi connectivity index (χ0) is 14.8. The van der Waals surface area contributed by atoms with Gasteiger partial charge in [-0.25, -0.2) is 8.42 Å². The molecule has 0 aromatic heterocycles. The molecule has 1 amide bonds. The van der Waals surface area contributed by atoms with Crippen LogP contribution in [0.4, 0.5) is 11.4 Å². The van der Waals surface area contributed by atoms with Gasteiger partial charge in [0.15, 0.2) is 0 Å². The monoisotopic (exact) mass is 295 g/mol. The zero-order valence-corrected chi connectivity index (χ0v) is 11.9. The number of carbonyl (C=O) groups excluding carboxylic acids is 1. The Kier molecular flexibility index (Phi) is 4.10. The molecule has 2 rings (SSSR count). The Morgan fingerprint density at radius 1 is 1.30 bits per heavy atom. The lowest BCUT2D eigenvalue weighted by Gasteiger charge is -2.11. The number of nitrogens with one attached hydrogen (secondary N) is 2. The van der Waals surface area contributed by atoms with E-state index in [9.17, 15) is 13.2 Å². The molecule has 0 spiro atoms. The molecule has 0 radical (unpaired) electrons. The second kappa shape index (κ2) is 5.64. The summed E-state index contributed by atoms with van der Waals surface area (Å²) < 4.78 is 24.7. The summed E-state index contributed by atoms with van der Waals surface area (Å²) in [7, 11) is -3.34. The maximum atomic E-state index is 12.0. The predicted octanol–water partition coefficient (Wildman–Crippen LogP) is 0.900. The van der Waals surface area contributed by atoms with E-state index in [1.165, 1.54) is 0 Å². The average molecular weight is 295 g/mol. The van der Waals surface area contributed by atoms with Crippen molar-refractivity contribution in [2.45, 2.75) is 12.5 Å². The van der Waals surface area contributed by atoms with Crippen LogP contribution in [0.25, 0.3) is 0 Å². The highest BCUT2D eigenvalue weighted by atomic mass is 32.2. The fraction of sp³-hybridized carbons (Fsp3) is 0.308. The highest BCUT2D eigenvalue weighted by molar-refractivity contribution is 7.92. The van der Waals surface area contributed by atoms with E-state index in [1.54, 1.807) is 30.3 Å². The third-order valence-electron chi connectivity index (χ3n) is 2.89. The second-order valence-electron chi connectivity index (χ2n) is 4.84. The van der Waals surface area contributed by atoms with Crippen molar-refractivity contribution in [3.63, 3.8) is 0 Å². The van der Waals surface area contributed by atoms with E-state index in [0.29, 0.717) is 17.8 Å². The molecule has 0 aliphatic heterocycles. The molecule has 1 aromatic carbocycles. The van der Waals surface area contributed by atoms with E-state index >= 15 is 0 Å². The van der Waals surface area contributed by atoms with Crippen LogP contribution in [-0.4, -0.2) is 26.6 Å². The van der Waals surface area contributed by atoms with Crippen molar-refractivity contribution in [2.24, 2.45) is 11.7 Å². The average Bonchev–Trinajstić information content (AvgIpc) is 2.74. The van der Waals surface area contributed by atoms with Gasteiger partial charge in [0.2, 0.25) is 15.9 Å². The van der Waals surface area contributed by atoms with Crippen molar-refractivity contribution in [2.75, 3.05) is 16.3 Å². The molecule has 0 bridgehead atoms. The molecule has 0 fully saturated rings. The van der Waals surface area contributed by atoms with Gasteiger partial charge in [0.05, 0.1) is 17.9 Å². The van der Waals surface area contributed by atoms with E-state index < -0.39 is 10.0 Å². The van der Waals surface area contributed by atoms with E-state index in [-0.39, 0.29) is 17.9 Å². The maximum absolute atomic E-state index is 12.0. The number of amides is 1. The summed E-state index contributed by atoms with van der Waals surface area (Å²) in [4.78, 5) is 12.0. The number of benzene rings is 1. The van der Waals surface area contributed by atoms with Crippen molar-refractivity contribution in [1.29, 1.82) is 0 Å². The maximum Gasteiger partial charge on any atom is 0.231 e. The van der Waals surface area contributed by atoms with Crippen LogP contribution in [0.2, 0.25) is 0 Å². The molecule has 2 atom stereocenters. The Bertz CT molecular complexity index is 640. The molecule has 0 saturated carbocycles. The summed E-state index contributed by atoms with van der Waals surface area (Å²) in [6.07, 6.45) is 5.26. The number of nitrogens with two attached hydrogens (primary N) is 1. The fourth-order valence-electron chi connectivity index (χ4n) is 2.03. The summed E-state index contributed by atoms with van der Waals surface area (Å²) in [6, 6.07) is 6.46. The standard InChI is InChI=1S/C13H17N3O3S/c1-20(18,19)16-12-4-2-3-11(8-12)15-13(17)9-5-6-10(14)7-9/h2-6,8-10,16H,7,14H2,1H3,(H,15,17). The van der Waals surface area contributed by atoms with Crippen LogP contribution < -0.4 is 15.8 Å². The highest BCUT2D eigenvalue weighted by Crippen LogP contribution is 2.20. The van der Waals surface area contributed by atoms with Crippen molar-refractivity contribution in [3.05, 3.63) is 36.4 Å². The van der Waals surface area contributed by atoms with Gasteiger partial charge in [-0.1, -0.05) is 18.2 Å². The van der Waals surface area contributed by atoms with Crippen LogP contribution in [0.1, 0.15) is 6.42 Å². The molecule has 1 aromatic rings.